The van der Waals surface area contributed by atoms with Crippen LogP contribution in [0.25, 0.3) is 0 Å². The van der Waals surface area contributed by atoms with Gasteiger partial charge in [0.05, 0.1) is 6.26 Å². The van der Waals surface area contributed by atoms with E-state index in [2.05, 4.69) is 31.0 Å². The second kappa shape index (κ2) is 11.1. The smallest absolute Gasteiger partial charge is 0.211 e. The molecule has 0 radical (unpaired) electrons. The van der Waals surface area contributed by atoms with Gasteiger partial charge in [-0.25, -0.2) is 12.7 Å². The third-order valence-electron chi connectivity index (χ3n) is 3.71. The maximum Gasteiger partial charge on any atom is 0.211 e. The van der Waals surface area contributed by atoms with E-state index in [0.29, 0.717) is 19.6 Å². The number of aliphatic imine (C=N–C) groups is 1. The zero-order valence-electron chi connectivity index (χ0n) is 15.5. The molecular weight excluding hydrogens is 459 g/mol. The molecule has 1 heterocycles. The Balaban J connectivity index is 0.00000529. The van der Waals surface area contributed by atoms with Crippen molar-refractivity contribution >= 4 is 51.7 Å². The van der Waals surface area contributed by atoms with Gasteiger partial charge < -0.3 is 10.2 Å². The van der Waals surface area contributed by atoms with Gasteiger partial charge in [0.2, 0.25) is 10.0 Å². The third-order valence-corrected chi connectivity index (χ3v) is 6.39. The van der Waals surface area contributed by atoms with E-state index in [4.69, 9.17) is 4.99 Å². The lowest BCUT2D eigenvalue weighted by Gasteiger charge is -2.39. The zero-order chi connectivity index (χ0) is 17.5. The summed E-state index contributed by atoms with van der Waals surface area (Å²) in [6.45, 7) is 13.0. The van der Waals surface area contributed by atoms with Crippen molar-refractivity contribution in [3.8, 4) is 0 Å². The Kier molecular flexibility index (Phi) is 11.2. The van der Waals surface area contributed by atoms with E-state index in [0.717, 1.165) is 37.8 Å². The van der Waals surface area contributed by atoms with Crippen molar-refractivity contribution in [2.75, 3.05) is 51.3 Å². The molecule has 0 aromatic rings. The average Bonchev–Trinajstić information content (AvgIpc) is 2.43. The van der Waals surface area contributed by atoms with Gasteiger partial charge >= 0.3 is 0 Å². The van der Waals surface area contributed by atoms with Crippen molar-refractivity contribution in [2.45, 2.75) is 38.9 Å². The summed E-state index contributed by atoms with van der Waals surface area (Å²) in [4.78, 5) is 7.01. The summed E-state index contributed by atoms with van der Waals surface area (Å²) in [6, 6.07) is 0. The molecule has 9 heteroatoms. The molecule has 1 aliphatic heterocycles. The minimum atomic E-state index is -3.11. The number of nitrogens with one attached hydrogen (secondary N) is 1. The Morgan fingerprint density at radius 1 is 1.38 bits per heavy atom. The van der Waals surface area contributed by atoms with Gasteiger partial charge in [-0.15, -0.1) is 24.0 Å². The van der Waals surface area contributed by atoms with E-state index in [9.17, 15) is 8.42 Å². The molecule has 1 aliphatic rings. The van der Waals surface area contributed by atoms with Crippen molar-refractivity contribution in [1.29, 1.82) is 0 Å². The molecule has 0 spiro atoms. The number of sulfonamides is 1. The molecule has 0 aromatic heterocycles. The highest BCUT2D eigenvalue weighted by Gasteiger charge is 2.28. The topological polar surface area (TPSA) is 65.0 Å². The van der Waals surface area contributed by atoms with Gasteiger partial charge in [-0.05, 0) is 27.2 Å². The van der Waals surface area contributed by atoms with E-state index in [1.807, 2.05) is 18.7 Å². The fraction of sp³-hybridized carbons (Fsp3) is 0.933. The predicted molar refractivity (Wildman–Crippen MR) is 116 cm³/mol. The normalized spacial score (nSPS) is 18.4. The lowest BCUT2D eigenvalue weighted by Crippen LogP contribution is -2.51. The van der Waals surface area contributed by atoms with Crippen LogP contribution in [0.3, 0.4) is 0 Å². The summed E-state index contributed by atoms with van der Waals surface area (Å²) in [5, 5.41) is 3.36. The Bertz CT molecular complexity index is 498. The summed E-state index contributed by atoms with van der Waals surface area (Å²) in [5.74, 6) is 2.05. The van der Waals surface area contributed by atoms with Crippen molar-refractivity contribution in [1.82, 2.24) is 14.5 Å². The van der Waals surface area contributed by atoms with Crippen LogP contribution in [0.5, 0.6) is 0 Å². The molecule has 0 amide bonds. The highest BCUT2D eigenvalue weighted by molar-refractivity contribution is 14.0. The lowest BCUT2D eigenvalue weighted by atomic mass is 10.2. The fourth-order valence-electron chi connectivity index (χ4n) is 2.61. The molecule has 0 atom stereocenters. The Morgan fingerprint density at radius 2 is 2.04 bits per heavy atom. The average molecular weight is 492 g/mol. The minimum Gasteiger partial charge on any atom is -0.357 e. The molecule has 0 aliphatic carbocycles. The van der Waals surface area contributed by atoms with Gasteiger partial charge in [0, 0.05) is 49.8 Å². The molecule has 1 saturated heterocycles. The van der Waals surface area contributed by atoms with Crippen molar-refractivity contribution < 1.29 is 8.42 Å². The number of halogens is 1. The summed E-state index contributed by atoms with van der Waals surface area (Å²) < 4.78 is 24.9. The van der Waals surface area contributed by atoms with Crippen LogP contribution in [0.15, 0.2) is 4.99 Å². The number of guanidine groups is 1. The first kappa shape index (κ1) is 24.3. The Hall–Kier alpha value is 0.260. The SMILES string of the molecule is CCNC(=NCCCN(CC)S(C)(=O)=O)N1CCSC(C)(C)C1.I. The predicted octanol–water partition coefficient (Wildman–Crippen LogP) is 2.07. The van der Waals surface area contributed by atoms with Crippen LogP contribution in [0.4, 0.5) is 0 Å². The molecule has 6 nitrogen and oxygen atoms in total. The molecule has 0 aromatic carbocycles. The fourth-order valence-corrected chi connectivity index (χ4v) is 4.65. The molecule has 1 fully saturated rings. The van der Waals surface area contributed by atoms with Crippen LogP contribution in [-0.4, -0.2) is 79.6 Å². The molecule has 0 saturated carbocycles. The van der Waals surface area contributed by atoms with E-state index in [-0.39, 0.29) is 28.7 Å². The maximum absolute atomic E-state index is 11.6. The number of hydrogen-bond acceptors (Lipinski definition) is 4. The van der Waals surface area contributed by atoms with Crippen LogP contribution < -0.4 is 5.32 Å². The highest BCUT2D eigenvalue weighted by atomic mass is 127. The van der Waals surface area contributed by atoms with Crippen LogP contribution in [0.1, 0.15) is 34.1 Å². The van der Waals surface area contributed by atoms with Gasteiger partial charge in [-0.1, -0.05) is 6.92 Å². The van der Waals surface area contributed by atoms with E-state index < -0.39 is 10.0 Å². The van der Waals surface area contributed by atoms with Crippen LogP contribution in [-0.2, 0) is 10.0 Å². The van der Waals surface area contributed by atoms with Crippen LogP contribution in [0, 0.1) is 0 Å². The van der Waals surface area contributed by atoms with Gasteiger partial charge in [0.25, 0.3) is 0 Å². The lowest BCUT2D eigenvalue weighted by molar-refractivity contribution is 0.375. The number of hydrogen-bond donors (Lipinski definition) is 1. The first-order valence-electron chi connectivity index (χ1n) is 8.32. The van der Waals surface area contributed by atoms with Crippen LogP contribution >= 0.6 is 35.7 Å². The molecule has 1 N–H and O–H groups in total. The van der Waals surface area contributed by atoms with Crippen molar-refractivity contribution in [3.05, 3.63) is 0 Å². The zero-order valence-corrected chi connectivity index (χ0v) is 19.5. The highest BCUT2D eigenvalue weighted by Crippen LogP contribution is 2.29. The van der Waals surface area contributed by atoms with Crippen molar-refractivity contribution in [2.24, 2.45) is 4.99 Å². The van der Waals surface area contributed by atoms with Crippen LogP contribution in [0.2, 0.25) is 0 Å². The van der Waals surface area contributed by atoms with E-state index in [1.54, 1.807) is 0 Å². The largest absolute Gasteiger partial charge is 0.357 e. The number of thioether (sulfide) groups is 1. The third kappa shape index (κ3) is 8.57. The van der Waals surface area contributed by atoms with Crippen molar-refractivity contribution in [3.63, 3.8) is 0 Å². The van der Waals surface area contributed by atoms with Gasteiger partial charge in [0.1, 0.15) is 0 Å². The molecule has 0 bridgehead atoms. The number of nitrogens with zero attached hydrogens (tertiary/aromatic N) is 3. The molecular formula is C15H33IN4O2S2. The minimum absolute atomic E-state index is 0. The van der Waals surface area contributed by atoms with Gasteiger partial charge in [-0.3, -0.25) is 4.99 Å². The molecule has 0 unspecified atom stereocenters. The molecule has 144 valence electrons. The Morgan fingerprint density at radius 3 is 2.54 bits per heavy atom. The van der Waals surface area contributed by atoms with E-state index >= 15 is 0 Å². The first-order valence-corrected chi connectivity index (χ1v) is 11.2. The molecule has 24 heavy (non-hydrogen) atoms. The summed E-state index contributed by atoms with van der Waals surface area (Å²) in [6.07, 6.45) is 2.00. The summed E-state index contributed by atoms with van der Waals surface area (Å²) in [5.41, 5.74) is 0. The van der Waals surface area contributed by atoms with Gasteiger partial charge in [0.15, 0.2) is 5.96 Å². The first-order chi connectivity index (χ1) is 10.7. The van der Waals surface area contributed by atoms with Gasteiger partial charge in [-0.2, -0.15) is 11.8 Å². The monoisotopic (exact) mass is 492 g/mol. The number of rotatable bonds is 7. The Labute approximate surface area is 169 Å². The second-order valence-corrected chi connectivity index (χ2v) is 10.2. The summed E-state index contributed by atoms with van der Waals surface area (Å²) >= 11 is 2.00. The standard InChI is InChI=1S/C15H32N4O2S2.HI/c1-6-16-14(18-11-12-22-15(3,4)13-18)17-9-8-10-19(7-2)23(5,20)21;/h6-13H2,1-5H3,(H,16,17);1H. The summed E-state index contributed by atoms with van der Waals surface area (Å²) in [7, 11) is -3.11. The second-order valence-electron chi connectivity index (χ2n) is 6.37. The maximum atomic E-state index is 11.6. The quantitative estimate of drug-likeness (QED) is 0.255. The van der Waals surface area contributed by atoms with E-state index in [1.165, 1.54) is 10.6 Å². The molecule has 1 rings (SSSR count).